The Hall–Kier alpha value is -2.18. The summed E-state index contributed by atoms with van der Waals surface area (Å²) in [6.07, 6.45) is 72.8. The summed E-state index contributed by atoms with van der Waals surface area (Å²) in [6.45, 7) is 4.86. The van der Waals surface area contributed by atoms with Gasteiger partial charge >= 0.3 is 5.97 Å². The molecular weight excluding hydrogens is 839 g/mol. The Morgan fingerprint density at radius 2 is 0.735 bits per heavy atom. The summed E-state index contributed by atoms with van der Waals surface area (Å²) in [6, 6.07) is -0.638. The summed E-state index contributed by atoms with van der Waals surface area (Å²) >= 11 is 0. The van der Waals surface area contributed by atoms with Crippen molar-refractivity contribution in [2.24, 2.45) is 0 Å². The second-order valence-corrected chi connectivity index (χ2v) is 20.3. The molecule has 0 heterocycles. The lowest BCUT2D eigenvalue weighted by atomic mass is 10.0. The Balaban J connectivity index is 3.46. The van der Waals surface area contributed by atoms with Gasteiger partial charge in [0.05, 0.1) is 25.4 Å². The van der Waals surface area contributed by atoms with Crippen LogP contribution in [0.25, 0.3) is 0 Å². The zero-order valence-corrected chi connectivity index (χ0v) is 45.3. The second-order valence-electron chi connectivity index (χ2n) is 20.3. The minimum Gasteiger partial charge on any atom is -0.466 e. The van der Waals surface area contributed by atoms with Gasteiger partial charge in [0.2, 0.25) is 5.91 Å². The third-order valence-corrected chi connectivity index (χ3v) is 13.6. The van der Waals surface area contributed by atoms with Gasteiger partial charge in [-0.05, 0) is 89.9 Å². The van der Waals surface area contributed by atoms with Crippen LogP contribution in [0.5, 0.6) is 0 Å². The Morgan fingerprint density at radius 1 is 0.412 bits per heavy atom. The maximum atomic E-state index is 12.4. The second kappa shape index (κ2) is 57.4. The van der Waals surface area contributed by atoms with E-state index >= 15 is 0 Å². The smallest absolute Gasteiger partial charge is 0.305 e. The fourth-order valence-electron chi connectivity index (χ4n) is 8.95. The van der Waals surface area contributed by atoms with Crippen LogP contribution in [-0.2, 0) is 14.3 Å². The van der Waals surface area contributed by atoms with Gasteiger partial charge in [0.15, 0.2) is 0 Å². The van der Waals surface area contributed by atoms with E-state index in [0.717, 1.165) is 70.6 Å². The highest BCUT2D eigenvalue weighted by Gasteiger charge is 2.18. The van der Waals surface area contributed by atoms with E-state index in [4.69, 9.17) is 4.74 Å². The van der Waals surface area contributed by atoms with Crippen molar-refractivity contribution in [3.63, 3.8) is 0 Å². The highest BCUT2D eigenvalue weighted by molar-refractivity contribution is 5.76. The number of rotatable bonds is 55. The van der Waals surface area contributed by atoms with Crippen LogP contribution < -0.4 is 5.32 Å². The molecule has 0 rings (SSSR count). The van der Waals surface area contributed by atoms with Gasteiger partial charge in [0.1, 0.15) is 0 Å². The van der Waals surface area contributed by atoms with E-state index in [0.29, 0.717) is 19.4 Å². The van der Waals surface area contributed by atoms with Crippen LogP contribution in [-0.4, -0.2) is 47.4 Å². The fourth-order valence-corrected chi connectivity index (χ4v) is 8.95. The minimum atomic E-state index is -0.853. The molecule has 0 bridgehead atoms. The summed E-state index contributed by atoms with van der Waals surface area (Å²) in [4.78, 5) is 24.5. The Morgan fingerprint density at radius 3 is 1.16 bits per heavy atom. The van der Waals surface area contributed by atoms with Crippen molar-refractivity contribution in [3.05, 3.63) is 48.6 Å². The molecule has 0 saturated heterocycles. The Bertz CT molecular complexity index is 1150. The van der Waals surface area contributed by atoms with Crippen molar-refractivity contribution in [2.45, 2.75) is 321 Å². The molecule has 0 aromatic rings. The summed E-state index contributed by atoms with van der Waals surface area (Å²) in [5.74, 6) is -0.0847. The van der Waals surface area contributed by atoms with E-state index in [1.54, 1.807) is 6.08 Å². The zero-order valence-electron chi connectivity index (χ0n) is 45.3. The lowest BCUT2D eigenvalue weighted by molar-refractivity contribution is -0.143. The molecule has 398 valence electrons. The molecule has 6 heteroatoms. The number of aliphatic hydroxyl groups excluding tert-OH is 2. The molecule has 0 saturated carbocycles. The first-order valence-corrected chi connectivity index (χ1v) is 29.9. The quantitative estimate of drug-likeness (QED) is 0.0321. The summed E-state index contributed by atoms with van der Waals surface area (Å²) in [5.41, 5.74) is 0. The Kier molecular flexibility index (Phi) is 55.6. The SMILES string of the molecule is CCCCC/C=C\C/C=C\CCCCCCCCCCCC(=O)OCCCCCCCCCCC/C=C\CCCCCCCC(=O)NC(CO)C(O)/C=C/CCCCCCCCCCCCCC. The zero-order chi connectivity index (χ0) is 49.3. The highest BCUT2D eigenvalue weighted by Crippen LogP contribution is 2.16. The number of carbonyl (C=O) groups excluding carboxylic acids is 2. The maximum absolute atomic E-state index is 12.4. The van der Waals surface area contributed by atoms with E-state index < -0.39 is 12.1 Å². The monoisotopic (exact) mass is 954 g/mol. The van der Waals surface area contributed by atoms with Gasteiger partial charge in [0.25, 0.3) is 0 Å². The predicted molar refractivity (Wildman–Crippen MR) is 296 cm³/mol. The van der Waals surface area contributed by atoms with Crippen LogP contribution in [0.3, 0.4) is 0 Å². The summed E-state index contributed by atoms with van der Waals surface area (Å²) in [7, 11) is 0. The number of unbranched alkanes of at least 4 members (excludes halogenated alkanes) is 38. The van der Waals surface area contributed by atoms with Gasteiger partial charge in [0, 0.05) is 12.8 Å². The standard InChI is InChI=1S/C62H115NO5/c1-3-5-7-9-11-13-15-17-19-20-21-25-28-32-36-40-44-48-52-56-62(67)68-57-53-49-45-41-37-33-29-26-23-22-24-27-31-35-39-43-47-51-55-61(66)63-59(58-64)60(65)54-50-46-42-38-34-30-18-16-14-12-10-8-6-4-2/h11,13,17,19,24,27,50,54,59-60,64-65H,3-10,12,14-16,18,20-23,25-26,28-49,51-53,55-58H2,1-2H3,(H,63,66)/b13-11-,19-17-,27-24-,54-50+. The average molecular weight is 955 g/mol. The first-order valence-electron chi connectivity index (χ1n) is 29.9. The van der Waals surface area contributed by atoms with Crippen molar-refractivity contribution in [1.82, 2.24) is 5.32 Å². The van der Waals surface area contributed by atoms with Crippen molar-refractivity contribution >= 4 is 11.9 Å². The third-order valence-electron chi connectivity index (χ3n) is 13.6. The molecule has 2 atom stereocenters. The molecular formula is C62H115NO5. The molecule has 0 aromatic carbocycles. The van der Waals surface area contributed by atoms with E-state index in [-0.39, 0.29) is 18.5 Å². The van der Waals surface area contributed by atoms with Crippen LogP contribution >= 0.6 is 0 Å². The number of nitrogens with one attached hydrogen (secondary N) is 1. The largest absolute Gasteiger partial charge is 0.466 e. The van der Waals surface area contributed by atoms with Crippen LogP contribution in [0.15, 0.2) is 48.6 Å². The third kappa shape index (κ3) is 53.2. The van der Waals surface area contributed by atoms with E-state index in [1.807, 2.05) is 6.08 Å². The molecule has 0 aliphatic heterocycles. The van der Waals surface area contributed by atoms with Crippen LogP contribution in [0.2, 0.25) is 0 Å². The van der Waals surface area contributed by atoms with Crippen LogP contribution in [0.4, 0.5) is 0 Å². The van der Waals surface area contributed by atoms with E-state index in [1.165, 1.54) is 212 Å². The van der Waals surface area contributed by atoms with Gasteiger partial charge in [-0.3, -0.25) is 9.59 Å². The molecule has 0 radical (unpaired) electrons. The highest BCUT2D eigenvalue weighted by atomic mass is 16.5. The number of amides is 1. The summed E-state index contributed by atoms with van der Waals surface area (Å²) in [5, 5.41) is 23.1. The molecule has 0 aliphatic rings. The summed E-state index contributed by atoms with van der Waals surface area (Å²) < 4.78 is 5.49. The number of carbonyl (C=O) groups is 2. The van der Waals surface area contributed by atoms with Gasteiger partial charge in [-0.2, -0.15) is 0 Å². The molecule has 0 spiro atoms. The molecule has 2 unspecified atom stereocenters. The van der Waals surface area contributed by atoms with Crippen molar-refractivity contribution in [3.8, 4) is 0 Å². The van der Waals surface area contributed by atoms with Gasteiger partial charge in [-0.15, -0.1) is 0 Å². The number of esters is 1. The molecule has 6 nitrogen and oxygen atoms in total. The van der Waals surface area contributed by atoms with Crippen molar-refractivity contribution < 1.29 is 24.5 Å². The number of allylic oxidation sites excluding steroid dienone is 7. The van der Waals surface area contributed by atoms with Crippen LogP contribution in [0.1, 0.15) is 309 Å². The fraction of sp³-hybridized carbons (Fsp3) is 0.839. The normalized spacial score (nSPS) is 12.9. The van der Waals surface area contributed by atoms with Crippen LogP contribution in [0, 0.1) is 0 Å². The van der Waals surface area contributed by atoms with Crippen molar-refractivity contribution in [2.75, 3.05) is 13.2 Å². The maximum Gasteiger partial charge on any atom is 0.305 e. The number of hydrogen-bond donors (Lipinski definition) is 3. The first-order chi connectivity index (χ1) is 33.5. The number of ether oxygens (including phenoxy) is 1. The topological polar surface area (TPSA) is 95.9 Å². The van der Waals surface area contributed by atoms with E-state index in [9.17, 15) is 19.8 Å². The predicted octanol–water partition coefficient (Wildman–Crippen LogP) is 18.6. The number of aliphatic hydroxyl groups is 2. The van der Waals surface area contributed by atoms with Gasteiger partial charge in [-0.1, -0.05) is 255 Å². The lowest BCUT2D eigenvalue weighted by Gasteiger charge is -2.20. The molecule has 0 fully saturated rings. The van der Waals surface area contributed by atoms with Gasteiger partial charge in [-0.25, -0.2) is 0 Å². The molecule has 0 aromatic heterocycles. The minimum absolute atomic E-state index is 0.00206. The van der Waals surface area contributed by atoms with E-state index in [2.05, 4.69) is 55.6 Å². The molecule has 0 aliphatic carbocycles. The van der Waals surface area contributed by atoms with Crippen molar-refractivity contribution in [1.29, 1.82) is 0 Å². The molecule has 3 N–H and O–H groups in total. The first kappa shape index (κ1) is 65.8. The molecule has 1 amide bonds. The average Bonchev–Trinajstić information content (AvgIpc) is 3.34. The molecule has 68 heavy (non-hydrogen) atoms. The van der Waals surface area contributed by atoms with Gasteiger partial charge < -0.3 is 20.3 Å². The number of hydrogen-bond acceptors (Lipinski definition) is 5. The Labute approximate surface area is 423 Å². The lowest BCUT2D eigenvalue weighted by Crippen LogP contribution is -2.45.